The number of hydrogen-bond donors (Lipinski definition) is 2. The molecule has 0 aromatic heterocycles. The van der Waals surface area contributed by atoms with E-state index in [2.05, 4.69) is 0 Å². The number of rotatable bonds is 0. The van der Waals surface area contributed by atoms with Gasteiger partial charge < -0.3 is 2.85 Å². The molecule has 0 rings (SSSR count). The van der Waals surface area contributed by atoms with Gasteiger partial charge in [0.25, 0.3) is 0 Å². The summed E-state index contributed by atoms with van der Waals surface area (Å²) in [5.41, 5.74) is 0. The van der Waals surface area contributed by atoms with Gasteiger partial charge in [-0.05, 0) is 0 Å². The van der Waals surface area contributed by atoms with Gasteiger partial charge in [0.2, 0.25) is 0 Å². The summed E-state index contributed by atoms with van der Waals surface area (Å²) in [5.74, 6) is 0. The quantitative estimate of drug-likeness (QED) is 0.323. The van der Waals surface area contributed by atoms with E-state index < -0.39 is 8.25 Å². The molecule has 0 aliphatic carbocycles. The van der Waals surface area contributed by atoms with Gasteiger partial charge >= 0.3 is 31.3 Å². The molecule has 0 bridgehead atoms. The molecule has 0 heterocycles. The van der Waals surface area contributed by atoms with E-state index in [9.17, 15) is 0 Å². The van der Waals surface area contributed by atoms with Crippen LogP contribution in [-0.4, -0.2) is 32.8 Å². The van der Waals surface area contributed by atoms with Crippen molar-refractivity contribution in [1.29, 1.82) is 0 Å². The van der Waals surface area contributed by atoms with Crippen LogP contribution in [0.25, 0.3) is 0 Å². The van der Waals surface area contributed by atoms with Gasteiger partial charge in [-0.25, -0.2) is 0 Å². The van der Waals surface area contributed by atoms with Gasteiger partial charge in [0.15, 0.2) is 0 Å². The van der Waals surface area contributed by atoms with Crippen LogP contribution in [-0.2, 0) is 4.57 Å². The average molecular weight is 107 g/mol. The molecule has 0 radical (unpaired) electrons. The van der Waals surface area contributed by atoms with Gasteiger partial charge in [-0.15, -0.1) is 9.79 Å². The molecular weight excluding hydrogens is 103 g/mol. The molecule has 0 saturated carbocycles. The Labute approximate surface area is 49.1 Å². The first-order valence-electron chi connectivity index (χ1n) is 0.583. The summed E-state index contributed by atoms with van der Waals surface area (Å²) in [5, 5.41) is 0. The fourth-order valence-electron chi connectivity index (χ4n) is 0. The Hall–Kier alpha value is 0.786. The molecule has 0 amide bonds. The van der Waals surface area contributed by atoms with Crippen LogP contribution in [0.5, 0.6) is 0 Å². The zero-order valence-electron chi connectivity index (χ0n) is 4.46. The van der Waals surface area contributed by atoms with E-state index in [1.54, 1.807) is 0 Å². The van der Waals surface area contributed by atoms with Gasteiger partial charge in [0, 0.05) is 4.57 Å². The summed E-state index contributed by atoms with van der Waals surface area (Å²) in [6, 6.07) is 0. The van der Waals surface area contributed by atoms with Gasteiger partial charge in [-0.3, -0.25) is 0 Å². The third kappa shape index (κ3) is 60.1. The molecule has 0 fully saturated rings. The minimum Gasteiger partial charge on any atom is -1.00 e. The van der Waals surface area contributed by atoms with Crippen molar-refractivity contribution in [2.45, 2.75) is 0 Å². The molecule has 5 heteroatoms. The van der Waals surface area contributed by atoms with Gasteiger partial charge in [-0.1, -0.05) is 0 Å². The Morgan fingerprint density at radius 1 is 1.60 bits per heavy atom. The van der Waals surface area contributed by atoms with Crippen LogP contribution in [0.3, 0.4) is 0 Å². The summed E-state index contributed by atoms with van der Waals surface area (Å²) in [4.78, 5) is 14.2. The Kier molecular flexibility index (Phi) is 8.85. The summed E-state index contributed by atoms with van der Waals surface area (Å²) < 4.78 is 8.70. The fourth-order valence-corrected chi connectivity index (χ4v) is 0. The summed E-state index contributed by atoms with van der Waals surface area (Å²) in [6.07, 6.45) is 0. The Balaban J connectivity index is -0.0000000150. The van der Waals surface area contributed by atoms with E-state index in [0.29, 0.717) is 0 Å². The molecule has 5 heavy (non-hydrogen) atoms. The van der Waals surface area contributed by atoms with Crippen molar-refractivity contribution in [3.63, 3.8) is 0 Å². The molecule has 0 aromatic rings. The molecule has 3 nitrogen and oxygen atoms in total. The van der Waals surface area contributed by atoms with E-state index in [4.69, 9.17) is 14.4 Å². The van der Waals surface area contributed by atoms with Crippen LogP contribution in [0.4, 0.5) is 0 Å². The maximum Gasteiger partial charge on any atom is 2.00 e. The van der Waals surface area contributed by atoms with Crippen LogP contribution in [0, 0.1) is 0 Å². The molecule has 2 N–H and O–H groups in total. The van der Waals surface area contributed by atoms with Gasteiger partial charge in [-0.2, -0.15) is 0 Å². The molecule has 0 aliphatic rings. The average Bonchev–Trinajstić information content (AvgIpc) is 0.811. The summed E-state index contributed by atoms with van der Waals surface area (Å²) in [7, 11) is -2.87. The first-order valence-corrected chi connectivity index (χ1v) is 1.75. The minimum absolute atomic E-state index is 0. The second-order valence-corrected chi connectivity index (χ2v) is 0.758. The van der Waals surface area contributed by atoms with E-state index in [1.165, 1.54) is 0 Å². The molecule has 0 unspecified atom stereocenters. The molecular formula is H4MgO3P+. The smallest absolute Gasteiger partial charge is 1.00 e. The maximum atomic E-state index is 8.70. The SMILES string of the molecule is O=[P+](O)O.[H-].[H-].[Mg+2]. The zero-order valence-corrected chi connectivity index (χ0v) is 4.77. The molecule has 0 aromatic carbocycles. The summed E-state index contributed by atoms with van der Waals surface area (Å²) in [6.45, 7) is 0. The van der Waals surface area contributed by atoms with E-state index in [-0.39, 0.29) is 25.9 Å². The maximum absolute atomic E-state index is 8.70. The van der Waals surface area contributed by atoms with Crippen molar-refractivity contribution in [3.05, 3.63) is 0 Å². The van der Waals surface area contributed by atoms with E-state index in [1.807, 2.05) is 0 Å². The molecule has 0 aliphatic heterocycles. The third-order valence-corrected chi connectivity index (χ3v) is 0. The fraction of sp³-hybridized carbons (Fsp3) is 0. The second kappa shape index (κ2) is 4.79. The van der Waals surface area contributed by atoms with Crippen molar-refractivity contribution in [3.8, 4) is 0 Å². The predicted octanol–water partition coefficient (Wildman–Crippen LogP) is -0.527. The van der Waals surface area contributed by atoms with Crippen LogP contribution in [0.2, 0.25) is 0 Å². The number of hydrogen-bond acceptors (Lipinski definition) is 1. The minimum atomic E-state index is -2.87. The molecule has 0 atom stereocenters. The van der Waals surface area contributed by atoms with Crippen molar-refractivity contribution < 1.29 is 17.2 Å². The van der Waals surface area contributed by atoms with Crippen LogP contribution >= 0.6 is 8.25 Å². The standard InChI is InChI=1S/Mg.HO3P.2H/c;1-4(2)3;;/h;(H-,1,2,3);;/q+2;;2*-1/p+1. The van der Waals surface area contributed by atoms with Crippen molar-refractivity contribution in [2.75, 3.05) is 0 Å². The van der Waals surface area contributed by atoms with E-state index >= 15 is 0 Å². The first-order chi connectivity index (χ1) is 1.73. The van der Waals surface area contributed by atoms with Crippen molar-refractivity contribution in [1.82, 2.24) is 0 Å². The molecule has 28 valence electrons. The van der Waals surface area contributed by atoms with Crippen molar-refractivity contribution in [2.24, 2.45) is 0 Å². The Bertz CT molecular complexity index is 35.9. The monoisotopic (exact) mass is 107 g/mol. The van der Waals surface area contributed by atoms with E-state index in [0.717, 1.165) is 0 Å². The van der Waals surface area contributed by atoms with Crippen LogP contribution in [0.1, 0.15) is 2.85 Å². The zero-order chi connectivity index (χ0) is 3.58. The topological polar surface area (TPSA) is 57.5 Å². The first kappa shape index (κ1) is 9.25. The molecule has 0 saturated heterocycles. The van der Waals surface area contributed by atoms with Gasteiger partial charge in [0.1, 0.15) is 0 Å². The normalized spacial score (nSPS) is 5.20. The van der Waals surface area contributed by atoms with Crippen molar-refractivity contribution >= 4 is 31.3 Å². The van der Waals surface area contributed by atoms with Crippen LogP contribution < -0.4 is 0 Å². The van der Waals surface area contributed by atoms with Gasteiger partial charge in [0.05, 0.1) is 0 Å². The van der Waals surface area contributed by atoms with Crippen LogP contribution in [0.15, 0.2) is 0 Å². The Morgan fingerprint density at radius 2 is 1.60 bits per heavy atom. The predicted molar refractivity (Wildman–Crippen MR) is 20.0 cm³/mol. The molecule has 0 spiro atoms. The summed E-state index contributed by atoms with van der Waals surface area (Å²) >= 11 is 0. The Morgan fingerprint density at radius 3 is 1.60 bits per heavy atom. The largest absolute Gasteiger partial charge is 2.00 e. The second-order valence-electron chi connectivity index (χ2n) is 0.253. The third-order valence-electron chi connectivity index (χ3n) is 0.